The van der Waals surface area contributed by atoms with E-state index in [-0.39, 0.29) is 12.2 Å². The highest BCUT2D eigenvalue weighted by atomic mass is 16.5. The van der Waals surface area contributed by atoms with Crippen molar-refractivity contribution in [1.82, 2.24) is 19.4 Å². The zero-order valence-corrected chi connectivity index (χ0v) is 19.9. The Kier molecular flexibility index (Phi) is 8.10. The van der Waals surface area contributed by atoms with E-state index in [0.29, 0.717) is 50.7 Å². The van der Waals surface area contributed by atoms with E-state index in [2.05, 4.69) is 16.8 Å². The second-order valence-electron chi connectivity index (χ2n) is 8.35. The number of aliphatic hydroxyl groups is 1. The van der Waals surface area contributed by atoms with Crippen LogP contribution in [-0.4, -0.2) is 84.2 Å². The van der Waals surface area contributed by atoms with Crippen LogP contribution in [0.5, 0.6) is 5.75 Å². The van der Waals surface area contributed by atoms with Gasteiger partial charge in [-0.1, -0.05) is 19.1 Å². The van der Waals surface area contributed by atoms with Crippen molar-refractivity contribution < 1.29 is 14.6 Å². The van der Waals surface area contributed by atoms with Crippen LogP contribution in [0.4, 0.5) is 5.82 Å². The minimum absolute atomic E-state index is 0.119. The summed E-state index contributed by atoms with van der Waals surface area (Å²) in [7, 11) is 1.63. The van der Waals surface area contributed by atoms with Gasteiger partial charge in [-0.25, -0.2) is 4.98 Å². The van der Waals surface area contributed by atoms with Gasteiger partial charge in [-0.15, -0.1) is 0 Å². The summed E-state index contributed by atoms with van der Waals surface area (Å²) in [6, 6.07) is 9.62. The Hall–Kier alpha value is -3.01. The Morgan fingerprint density at radius 3 is 2.65 bits per heavy atom. The smallest absolute Gasteiger partial charge is 0.294 e. The number of hydrogen-bond donors (Lipinski definition) is 1. The molecule has 3 heterocycles. The summed E-state index contributed by atoms with van der Waals surface area (Å²) in [5.41, 5.74) is 2.95. The highest BCUT2D eigenvalue weighted by Crippen LogP contribution is 2.25. The van der Waals surface area contributed by atoms with Crippen LogP contribution < -0.4 is 15.2 Å². The molecular weight excluding hydrogens is 434 g/mol. The molecule has 9 heteroatoms. The third kappa shape index (κ3) is 5.38. The standard InChI is InChI=1S/C25H33N5O4/c1-3-14-34-15-12-30-23-17-21(19-5-4-6-20(16-19)33-2)26-18-22(23)27-24(25(30)32)29-9-7-28(8-10-29)11-13-31/h4-6,16-18,31H,3,7-15H2,1-2H3. The summed E-state index contributed by atoms with van der Waals surface area (Å²) >= 11 is 0. The lowest BCUT2D eigenvalue weighted by molar-refractivity contribution is 0.127. The highest BCUT2D eigenvalue weighted by molar-refractivity contribution is 5.80. The predicted molar refractivity (Wildman–Crippen MR) is 133 cm³/mol. The lowest BCUT2D eigenvalue weighted by atomic mass is 10.1. The van der Waals surface area contributed by atoms with Gasteiger partial charge in [-0.2, -0.15) is 0 Å². The number of pyridine rings is 1. The molecule has 1 N–H and O–H groups in total. The zero-order valence-electron chi connectivity index (χ0n) is 19.9. The Bertz CT molecular complexity index is 1160. The Morgan fingerprint density at radius 2 is 1.91 bits per heavy atom. The number of aromatic nitrogens is 3. The fourth-order valence-electron chi connectivity index (χ4n) is 4.23. The molecular formula is C25H33N5O4. The molecule has 1 aromatic carbocycles. The molecule has 0 aliphatic carbocycles. The number of methoxy groups -OCH3 is 1. The summed E-state index contributed by atoms with van der Waals surface area (Å²) in [5, 5.41) is 9.21. The molecule has 1 saturated heterocycles. The van der Waals surface area contributed by atoms with Gasteiger partial charge in [0.15, 0.2) is 5.82 Å². The van der Waals surface area contributed by atoms with Gasteiger partial charge in [0, 0.05) is 51.4 Å². The fourth-order valence-corrected chi connectivity index (χ4v) is 4.23. The first-order valence-electron chi connectivity index (χ1n) is 11.9. The summed E-state index contributed by atoms with van der Waals surface area (Å²) in [5.74, 6) is 1.20. The molecule has 2 aromatic heterocycles. The highest BCUT2D eigenvalue weighted by Gasteiger charge is 2.22. The largest absolute Gasteiger partial charge is 0.497 e. The molecule has 1 fully saturated rings. The molecule has 0 unspecified atom stereocenters. The molecule has 0 spiro atoms. The third-order valence-electron chi connectivity index (χ3n) is 6.08. The van der Waals surface area contributed by atoms with Gasteiger partial charge in [0.05, 0.1) is 37.7 Å². The number of benzene rings is 1. The van der Waals surface area contributed by atoms with Gasteiger partial charge in [0.1, 0.15) is 11.3 Å². The SMILES string of the molecule is CCCOCCn1c(=O)c(N2CCN(CCO)CC2)nc2cnc(-c3cccc(OC)c3)cc21. The van der Waals surface area contributed by atoms with Gasteiger partial charge in [-0.3, -0.25) is 14.7 Å². The molecule has 34 heavy (non-hydrogen) atoms. The van der Waals surface area contributed by atoms with Crippen molar-refractivity contribution in [2.75, 3.05) is 64.6 Å². The third-order valence-corrected chi connectivity index (χ3v) is 6.08. The van der Waals surface area contributed by atoms with Crippen LogP contribution in [0.3, 0.4) is 0 Å². The molecule has 1 aliphatic heterocycles. The maximum Gasteiger partial charge on any atom is 0.294 e. The zero-order chi connectivity index (χ0) is 23.9. The number of nitrogens with zero attached hydrogens (tertiary/aromatic N) is 5. The second kappa shape index (κ2) is 11.4. The maximum atomic E-state index is 13.6. The first-order valence-corrected chi connectivity index (χ1v) is 11.9. The summed E-state index contributed by atoms with van der Waals surface area (Å²) in [6.45, 7) is 7.35. The Balaban J connectivity index is 1.72. The lowest BCUT2D eigenvalue weighted by Gasteiger charge is -2.34. The van der Waals surface area contributed by atoms with Crippen molar-refractivity contribution in [1.29, 1.82) is 0 Å². The Morgan fingerprint density at radius 1 is 1.09 bits per heavy atom. The molecule has 0 bridgehead atoms. The van der Waals surface area contributed by atoms with E-state index < -0.39 is 0 Å². The Labute approximate surface area is 199 Å². The van der Waals surface area contributed by atoms with E-state index in [0.717, 1.165) is 42.0 Å². The van der Waals surface area contributed by atoms with E-state index in [4.69, 9.17) is 14.5 Å². The number of rotatable bonds is 10. The molecule has 182 valence electrons. The first kappa shape index (κ1) is 24.1. The average molecular weight is 468 g/mol. The minimum Gasteiger partial charge on any atom is -0.497 e. The van der Waals surface area contributed by atoms with Crippen LogP contribution in [0, 0.1) is 0 Å². The molecule has 4 rings (SSSR count). The van der Waals surface area contributed by atoms with Crippen LogP contribution in [0.25, 0.3) is 22.3 Å². The number of hydrogen-bond acceptors (Lipinski definition) is 8. The van der Waals surface area contributed by atoms with Crippen molar-refractivity contribution in [3.8, 4) is 17.0 Å². The molecule has 1 aliphatic rings. The average Bonchev–Trinajstić information content (AvgIpc) is 2.88. The van der Waals surface area contributed by atoms with E-state index in [1.54, 1.807) is 17.9 Å². The molecule has 0 saturated carbocycles. The van der Waals surface area contributed by atoms with Crippen molar-refractivity contribution in [2.45, 2.75) is 19.9 Å². The number of β-amino-alcohol motifs (C(OH)–C–C–N with tert-alkyl or cyclic N) is 1. The van der Waals surface area contributed by atoms with Gasteiger partial charge < -0.3 is 24.0 Å². The van der Waals surface area contributed by atoms with Gasteiger partial charge >= 0.3 is 0 Å². The van der Waals surface area contributed by atoms with Gasteiger partial charge in [-0.05, 0) is 24.6 Å². The number of fused-ring (bicyclic) bond motifs is 1. The van der Waals surface area contributed by atoms with Crippen LogP contribution in [0.15, 0.2) is 41.3 Å². The van der Waals surface area contributed by atoms with Crippen molar-refractivity contribution in [3.05, 3.63) is 46.9 Å². The van der Waals surface area contributed by atoms with E-state index in [1.165, 1.54) is 0 Å². The van der Waals surface area contributed by atoms with Gasteiger partial charge in [0.25, 0.3) is 5.56 Å². The predicted octanol–water partition coefficient (Wildman–Crippen LogP) is 2.01. The first-order chi connectivity index (χ1) is 16.6. The van der Waals surface area contributed by atoms with E-state index in [9.17, 15) is 9.90 Å². The van der Waals surface area contributed by atoms with Gasteiger partial charge in [0.2, 0.25) is 0 Å². The van der Waals surface area contributed by atoms with Crippen LogP contribution >= 0.6 is 0 Å². The minimum atomic E-state index is -0.119. The maximum absolute atomic E-state index is 13.6. The molecule has 3 aromatic rings. The molecule has 0 radical (unpaired) electrons. The summed E-state index contributed by atoms with van der Waals surface area (Å²) in [4.78, 5) is 27.2. The van der Waals surface area contributed by atoms with Crippen LogP contribution in [0.1, 0.15) is 13.3 Å². The number of ether oxygens (including phenoxy) is 2. The van der Waals surface area contributed by atoms with E-state index in [1.807, 2.05) is 35.2 Å². The molecule has 0 atom stereocenters. The topological polar surface area (TPSA) is 93.0 Å². The van der Waals surface area contributed by atoms with Crippen LogP contribution in [0.2, 0.25) is 0 Å². The number of piperazine rings is 1. The van der Waals surface area contributed by atoms with Crippen molar-refractivity contribution in [3.63, 3.8) is 0 Å². The molecule has 0 amide bonds. The van der Waals surface area contributed by atoms with E-state index >= 15 is 0 Å². The number of anilines is 1. The summed E-state index contributed by atoms with van der Waals surface area (Å²) in [6.07, 6.45) is 2.66. The summed E-state index contributed by atoms with van der Waals surface area (Å²) < 4.78 is 12.8. The monoisotopic (exact) mass is 467 g/mol. The molecule has 9 nitrogen and oxygen atoms in total. The second-order valence-corrected chi connectivity index (χ2v) is 8.35. The van der Waals surface area contributed by atoms with Crippen LogP contribution in [-0.2, 0) is 11.3 Å². The van der Waals surface area contributed by atoms with Crippen molar-refractivity contribution in [2.24, 2.45) is 0 Å². The number of aliphatic hydroxyl groups excluding tert-OH is 1. The normalized spacial score (nSPS) is 14.6. The quantitative estimate of drug-likeness (QED) is 0.453. The van der Waals surface area contributed by atoms with Crippen molar-refractivity contribution >= 4 is 16.9 Å². The lowest BCUT2D eigenvalue weighted by Crippen LogP contribution is -2.49. The fraction of sp³-hybridized carbons (Fsp3) is 0.480.